The lowest BCUT2D eigenvalue weighted by Gasteiger charge is -2.34. The Balaban J connectivity index is 1.40. The standard InChI is InChI=1S/C22H26N4OS/c1-17-14-21(18(2)26(17)16-20-7-5-13-28-20)22(27)25-11-9-24(10-12-25)15-19-6-3-4-8-23-19/h3-8,13-14H,9-12,15-16H2,1-2H3. The quantitative estimate of drug-likeness (QED) is 0.664. The summed E-state index contributed by atoms with van der Waals surface area (Å²) in [6.07, 6.45) is 1.83. The van der Waals surface area contributed by atoms with Crippen LogP contribution in [-0.4, -0.2) is 51.4 Å². The van der Waals surface area contributed by atoms with Gasteiger partial charge in [-0.15, -0.1) is 11.3 Å². The minimum Gasteiger partial charge on any atom is -0.343 e. The van der Waals surface area contributed by atoms with Crippen LogP contribution >= 0.6 is 11.3 Å². The molecule has 1 fully saturated rings. The van der Waals surface area contributed by atoms with E-state index in [1.54, 1.807) is 11.3 Å². The maximum Gasteiger partial charge on any atom is 0.255 e. The molecular formula is C22H26N4OS. The van der Waals surface area contributed by atoms with Gasteiger partial charge in [0.05, 0.1) is 17.8 Å². The van der Waals surface area contributed by atoms with Crippen molar-refractivity contribution in [3.8, 4) is 0 Å². The molecule has 0 unspecified atom stereocenters. The molecule has 0 bridgehead atoms. The van der Waals surface area contributed by atoms with Crippen LogP contribution in [0.15, 0.2) is 48.0 Å². The van der Waals surface area contributed by atoms with Gasteiger partial charge in [0.1, 0.15) is 0 Å². The normalized spacial score (nSPS) is 15.1. The monoisotopic (exact) mass is 394 g/mol. The fourth-order valence-corrected chi connectivity index (χ4v) is 4.51. The molecule has 3 aromatic heterocycles. The Hall–Kier alpha value is -2.44. The number of nitrogens with zero attached hydrogens (tertiary/aromatic N) is 4. The lowest BCUT2D eigenvalue weighted by molar-refractivity contribution is 0.0626. The Kier molecular flexibility index (Phi) is 5.59. The van der Waals surface area contributed by atoms with Gasteiger partial charge in [-0.05, 0) is 43.5 Å². The van der Waals surface area contributed by atoms with Crippen molar-refractivity contribution in [2.24, 2.45) is 0 Å². The van der Waals surface area contributed by atoms with E-state index < -0.39 is 0 Å². The Labute approximate surface area is 170 Å². The highest BCUT2D eigenvalue weighted by molar-refractivity contribution is 7.09. The van der Waals surface area contributed by atoms with Gasteiger partial charge < -0.3 is 9.47 Å². The average molecular weight is 395 g/mol. The number of thiophene rings is 1. The van der Waals surface area contributed by atoms with Gasteiger partial charge in [-0.2, -0.15) is 0 Å². The summed E-state index contributed by atoms with van der Waals surface area (Å²) >= 11 is 1.75. The van der Waals surface area contributed by atoms with Crippen LogP contribution in [0.25, 0.3) is 0 Å². The van der Waals surface area contributed by atoms with Gasteiger partial charge in [0, 0.05) is 55.2 Å². The third-order valence-electron chi connectivity index (χ3n) is 5.47. The third kappa shape index (κ3) is 4.03. The van der Waals surface area contributed by atoms with Gasteiger partial charge >= 0.3 is 0 Å². The highest BCUT2D eigenvalue weighted by Crippen LogP contribution is 2.21. The molecule has 4 rings (SSSR count). The van der Waals surface area contributed by atoms with Gasteiger partial charge in [0.2, 0.25) is 0 Å². The molecule has 0 aliphatic carbocycles. The van der Waals surface area contributed by atoms with Crippen LogP contribution in [0.3, 0.4) is 0 Å². The second kappa shape index (κ2) is 8.29. The Morgan fingerprint density at radius 1 is 1.07 bits per heavy atom. The summed E-state index contributed by atoms with van der Waals surface area (Å²) in [6.45, 7) is 9.12. The molecule has 3 aromatic rings. The first-order chi connectivity index (χ1) is 13.6. The SMILES string of the molecule is Cc1cc(C(=O)N2CCN(Cc3ccccn3)CC2)c(C)n1Cc1cccs1. The molecule has 5 nitrogen and oxygen atoms in total. The molecule has 0 aromatic carbocycles. The van der Waals surface area contributed by atoms with Gasteiger partial charge in [0.25, 0.3) is 5.91 Å². The maximum atomic E-state index is 13.1. The van der Waals surface area contributed by atoms with Crippen LogP contribution in [0.4, 0.5) is 0 Å². The number of rotatable bonds is 5. The summed E-state index contributed by atoms with van der Waals surface area (Å²) in [7, 11) is 0. The van der Waals surface area contributed by atoms with Gasteiger partial charge in [-0.25, -0.2) is 0 Å². The second-order valence-corrected chi connectivity index (χ2v) is 8.37. The van der Waals surface area contributed by atoms with Gasteiger partial charge in [0.15, 0.2) is 0 Å². The summed E-state index contributed by atoms with van der Waals surface area (Å²) in [6, 6.07) is 12.3. The van der Waals surface area contributed by atoms with E-state index in [0.717, 1.165) is 61.9 Å². The predicted molar refractivity (Wildman–Crippen MR) is 113 cm³/mol. The number of aromatic nitrogens is 2. The number of hydrogen-bond donors (Lipinski definition) is 0. The Bertz CT molecular complexity index is 925. The smallest absolute Gasteiger partial charge is 0.255 e. The van der Waals surface area contributed by atoms with Crippen LogP contribution < -0.4 is 0 Å². The summed E-state index contributed by atoms with van der Waals surface area (Å²) < 4.78 is 2.25. The molecule has 146 valence electrons. The van der Waals surface area contributed by atoms with E-state index in [1.165, 1.54) is 4.88 Å². The van der Waals surface area contributed by atoms with Crippen molar-refractivity contribution < 1.29 is 4.79 Å². The first-order valence-corrected chi connectivity index (χ1v) is 10.6. The summed E-state index contributed by atoms with van der Waals surface area (Å²) in [4.78, 5) is 23.2. The molecule has 0 N–H and O–H groups in total. The first-order valence-electron chi connectivity index (χ1n) is 9.72. The molecule has 0 radical (unpaired) electrons. The van der Waals surface area contributed by atoms with Crippen LogP contribution in [0, 0.1) is 13.8 Å². The van der Waals surface area contributed by atoms with E-state index in [9.17, 15) is 4.79 Å². The van der Waals surface area contributed by atoms with Crippen molar-refractivity contribution in [1.82, 2.24) is 19.4 Å². The largest absolute Gasteiger partial charge is 0.343 e. The van der Waals surface area contributed by atoms with E-state index in [-0.39, 0.29) is 5.91 Å². The Morgan fingerprint density at radius 3 is 2.57 bits per heavy atom. The van der Waals surface area contributed by atoms with E-state index >= 15 is 0 Å². The van der Waals surface area contributed by atoms with Crippen molar-refractivity contribution in [3.63, 3.8) is 0 Å². The van der Waals surface area contributed by atoms with Crippen LogP contribution in [0.1, 0.15) is 32.3 Å². The number of carbonyl (C=O) groups is 1. The minimum absolute atomic E-state index is 0.156. The zero-order valence-electron chi connectivity index (χ0n) is 16.5. The number of pyridine rings is 1. The lowest BCUT2D eigenvalue weighted by Crippen LogP contribution is -2.48. The zero-order valence-corrected chi connectivity index (χ0v) is 17.3. The van der Waals surface area contributed by atoms with Crippen LogP contribution in [-0.2, 0) is 13.1 Å². The predicted octanol–water partition coefficient (Wildman–Crippen LogP) is 3.57. The second-order valence-electron chi connectivity index (χ2n) is 7.34. The number of carbonyl (C=O) groups excluding carboxylic acids is 1. The molecule has 6 heteroatoms. The van der Waals surface area contributed by atoms with E-state index in [0.29, 0.717) is 0 Å². The molecule has 0 saturated carbocycles. The summed E-state index contributed by atoms with van der Waals surface area (Å²) in [5, 5.41) is 2.10. The van der Waals surface area contributed by atoms with Crippen LogP contribution in [0.2, 0.25) is 0 Å². The number of piperazine rings is 1. The van der Waals surface area contributed by atoms with Crippen molar-refractivity contribution in [3.05, 3.63) is 75.5 Å². The van der Waals surface area contributed by atoms with Gasteiger partial charge in [-0.3, -0.25) is 14.7 Å². The topological polar surface area (TPSA) is 41.4 Å². The fourth-order valence-electron chi connectivity index (χ4n) is 3.82. The minimum atomic E-state index is 0.156. The number of amides is 1. The fraction of sp³-hybridized carbons (Fsp3) is 0.364. The summed E-state index contributed by atoms with van der Waals surface area (Å²) in [5.74, 6) is 0.156. The van der Waals surface area contributed by atoms with Crippen LogP contribution in [0.5, 0.6) is 0 Å². The van der Waals surface area contributed by atoms with E-state index in [2.05, 4.69) is 51.9 Å². The number of aryl methyl sites for hydroxylation is 1. The first kappa shape index (κ1) is 18.9. The molecule has 1 amide bonds. The van der Waals surface area contributed by atoms with E-state index in [4.69, 9.17) is 0 Å². The highest BCUT2D eigenvalue weighted by Gasteiger charge is 2.25. The van der Waals surface area contributed by atoms with Gasteiger partial charge in [-0.1, -0.05) is 12.1 Å². The molecule has 28 heavy (non-hydrogen) atoms. The molecule has 4 heterocycles. The molecule has 0 spiro atoms. The van der Waals surface area contributed by atoms with Crippen molar-refractivity contribution in [1.29, 1.82) is 0 Å². The van der Waals surface area contributed by atoms with Crippen molar-refractivity contribution in [2.75, 3.05) is 26.2 Å². The summed E-state index contributed by atoms with van der Waals surface area (Å²) in [5.41, 5.74) is 4.13. The third-order valence-corrected chi connectivity index (χ3v) is 6.33. The molecule has 1 aliphatic heterocycles. The molecular weight excluding hydrogens is 368 g/mol. The number of hydrogen-bond acceptors (Lipinski definition) is 4. The van der Waals surface area contributed by atoms with Crippen molar-refractivity contribution >= 4 is 17.2 Å². The van der Waals surface area contributed by atoms with Crippen molar-refractivity contribution in [2.45, 2.75) is 26.9 Å². The maximum absolute atomic E-state index is 13.1. The molecule has 1 saturated heterocycles. The zero-order chi connectivity index (χ0) is 19.5. The average Bonchev–Trinajstić information content (AvgIpc) is 3.33. The molecule has 1 aliphatic rings. The molecule has 0 atom stereocenters. The Morgan fingerprint density at radius 2 is 1.89 bits per heavy atom. The lowest BCUT2D eigenvalue weighted by atomic mass is 10.2. The van der Waals surface area contributed by atoms with E-state index in [1.807, 2.05) is 29.3 Å². The highest BCUT2D eigenvalue weighted by atomic mass is 32.1.